The van der Waals surface area contributed by atoms with Crippen LogP contribution in [-0.4, -0.2) is 44.3 Å². The number of amides is 1. The molecule has 2 aromatic heterocycles. The van der Waals surface area contributed by atoms with Crippen LogP contribution in [0, 0.1) is 6.92 Å². The van der Waals surface area contributed by atoms with Gasteiger partial charge < -0.3 is 10.2 Å². The number of carbonyl (C=O) groups excluding carboxylic acids is 1. The van der Waals surface area contributed by atoms with Gasteiger partial charge in [0.05, 0.1) is 11.1 Å². The van der Waals surface area contributed by atoms with Gasteiger partial charge in [-0.15, -0.1) is 0 Å². The fourth-order valence-electron chi connectivity index (χ4n) is 3.68. The fourth-order valence-corrected chi connectivity index (χ4v) is 3.68. The Hall–Kier alpha value is -2.18. The molecule has 7 heteroatoms. The normalized spacial score (nSPS) is 25.2. The van der Waals surface area contributed by atoms with Gasteiger partial charge in [-0.2, -0.15) is 5.10 Å². The van der Waals surface area contributed by atoms with Gasteiger partial charge in [0.1, 0.15) is 12.1 Å². The number of nitrogens with zero attached hydrogens (tertiary/aromatic N) is 5. The zero-order valence-corrected chi connectivity index (χ0v) is 12.2. The molecule has 1 amide bonds. The van der Waals surface area contributed by atoms with Crippen LogP contribution in [0.5, 0.6) is 0 Å². The predicted octanol–water partition coefficient (Wildman–Crippen LogP) is 0.529. The Kier molecular flexibility index (Phi) is 2.63. The second-order valence-corrected chi connectivity index (χ2v) is 5.91. The van der Waals surface area contributed by atoms with E-state index in [4.69, 9.17) is 0 Å². The van der Waals surface area contributed by atoms with Gasteiger partial charge in [0.25, 0.3) is 0 Å². The molecule has 2 bridgehead atoms. The van der Waals surface area contributed by atoms with E-state index in [-0.39, 0.29) is 11.9 Å². The second kappa shape index (κ2) is 4.41. The maximum Gasteiger partial charge on any atom is 0.222 e. The number of anilines is 1. The summed E-state index contributed by atoms with van der Waals surface area (Å²) in [6.07, 6.45) is 4.28. The lowest BCUT2D eigenvalue weighted by molar-refractivity contribution is -0.121. The Balaban J connectivity index is 1.88. The third-order valence-corrected chi connectivity index (χ3v) is 4.60. The molecule has 0 radical (unpaired) electrons. The summed E-state index contributed by atoms with van der Waals surface area (Å²) in [5.41, 5.74) is 1.78. The smallest absolute Gasteiger partial charge is 0.222 e. The maximum absolute atomic E-state index is 11.8. The van der Waals surface area contributed by atoms with Crippen molar-refractivity contribution in [2.24, 2.45) is 7.05 Å². The van der Waals surface area contributed by atoms with Crippen LogP contribution >= 0.6 is 0 Å². The summed E-state index contributed by atoms with van der Waals surface area (Å²) in [5, 5.41) is 8.46. The molecule has 0 unspecified atom stereocenters. The Morgan fingerprint density at radius 3 is 2.95 bits per heavy atom. The molecule has 0 aliphatic carbocycles. The van der Waals surface area contributed by atoms with Crippen molar-refractivity contribution in [2.75, 3.05) is 11.4 Å². The molecular formula is C14H18N6O. The first-order valence-corrected chi connectivity index (χ1v) is 7.34. The highest BCUT2D eigenvalue weighted by atomic mass is 16.1. The van der Waals surface area contributed by atoms with Gasteiger partial charge in [-0.25, -0.2) is 9.97 Å². The SMILES string of the molecule is Cc1nn(C)c2ncnc(N3[C@@H]4CC[C@H]3CNC(=O)C4)c12. The number of nitrogens with one attached hydrogen (secondary N) is 1. The molecule has 4 rings (SSSR count). The lowest BCUT2D eigenvalue weighted by Gasteiger charge is -2.28. The van der Waals surface area contributed by atoms with Crippen molar-refractivity contribution in [3.8, 4) is 0 Å². The molecular weight excluding hydrogens is 268 g/mol. The van der Waals surface area contributed by atoms with Gasteiger partial charge in [0.2, 0.25) is 5.91 Å². The largest absolute Gasteiger partial charge is 0.354 e. The van der Waals surface area contributed by atoms with Crippen LogP contribution in [0.4, 0.5) is 5.82 Å². The first kappa shape index (κ1) is 12.6. The highest BCUT2D eigenvalue weighted by Gasteiger charge is 2.39. The van der Waals surface area contributed by atoms with Crippen LogP contribution in [0.3, 0.4) is 0 Å². The van der Waals surface area contributed by atoms with E-state index in [0.717, 1.165) is 35.4 Å². The van der Waals surface area contributed by atoms with Gasteiger partial charge >= 0.3 is 0 Å². The van der Waals surface area contributed by atoms with Crippen molar-refractivity contribution in [1.82, 2.24) is 25.1 Å². The summed E-state index contributed by atoms with van der Waals surface area (Å²) in [5.74, 6) is 1.06. The number of rotatable bonds is 1. The third-order valence-electron chi connectivity index (χ3n) is 4.60. The molecule has 0 saturated carbocycles. The highest BCUT2D eigenvalue weighted by Crippen LogP contribution is 2.36. The molecule has 2 atom stereocenters. The quantitative estimate of drug-likeness (QED) is 0.827. The summed E-state index contributed by atoms with van der Waals surface area (Å²) in [6.45, 7) is 2.68. The van der Waals surface area contributed by atoms with Crippen molar-refractivity contribution in [1.29, 1.82) is 0 Å². The third kappa shape index (κ3) is 1.80. The van der Waals surface area contributed by atoms with Gasteiger partial charge in [-0.1, -0.05) is 0 Å². The molecule has 2 aliphatic heterocycles. The molecule has 4 heterocycles. The molecule has 1 N–H and O–H groups in total. The average Bonchev–Trinajstić information content (AvgIpc) is 2.92. The minimum atomic E-state index is 0.139. The number of hydrogen-bond acceptors (Lipinski definition) is 5. The zero-order valence-electron chi connectivity index (χ0n) is 12.2. The number of aromatic nitrogens is 4. The van der Waals surface area contributed by atoms with Crippen molar-refractivity contribution < 1.29 is 4.79 Å². The minimum absolute atomic E-state index is 0.139. The Morgan fingerprint density at radius 2 is 2.10 bits per heavy atom. The second-order valence-electron chi connectivity index (χ2n) is 5.91. The van der Waals surface area contributed by atoms with Crippen LogP contribution in [0.2, 0.25) is 0 Å². The van der Waals surface area contributed by atoms with Crippen molar-refractivity contribution in [3.63, 3.8) is 0 Å². The predicted molar refractivity (Wildman–Crippen MR) is 78.0 cm³/mol. The average molecular weight is 286 g/mol. The van der Waals surface area contributed by atoms with E-state index >= 15 is 0 Å². The number of carbonyl (C=O) groups is 1. The van der Waals surface area contributed by atoms with Gasteiger partial charge in [-0.3, -0.25) is 9.48 Å². The lowest BCUT2D eigenvalue weighted by atomic mass is 10.1. The Morgan fingerprint density at radius 1 is 1.29 bits per heavy atom. The van der Waals surface area contributed by atoms with Crippen LogP contribution in [0.1, 0.15) is 25.0 Å². The standard InChI is InChI=1S/C14H18N6O/c1-8-12-13(19(2)18-8)16-7-17-14(12)20-9-3-4-10(20)6-15-11(21)5-9/h7,9-10H,3-6H2,1-2H3,(H,15,21)/t9-,10+/m1/s1. The number of fused-ring (bicyclic) bond motifs is 3. The van der Waals surface area contributed by atoms with Gasteiger partial charge in [0.15, 0.2) is 5.65 Å². The monoisotopic (exact) mass is 286 g/mol. The molecule has 2 aliphatic rings. The molecule has 21 heavy (non-hydrogen) atoms. The van der Waals surface area contributed by atoms with Gasteiger partial charge in [0, 0.05) is 32.1 Å². The first-order chi connectivity index (χ1) is 10.1. The van der Waals surface area contributed by atoms with Crippen LogP contribution in [-0.2, 0) is 11.8 Å². The molecule has 0 aromatic carbocycles. The van der Waals surface area contributed by atoms with E-state index in [2.05, 4.69) is 25.3 Å². The fraction of sp³-hybridized carbons (Fsp3) is 0.571. The lowest BCUT2D eigenvalue weighted by Crippen LogP contribution is -2.38. The maximum atomic E-state index is 11.8. The minimum Gasteiger partial charge on any atom is -0.354 e. The zero-order chi connectivity index (χ0) is 14.6. The van der Waals surface area contributed by atoms with E-state index in [1.54, 1.807) is 11.0 Å². The molecule has 2 saturated heterocycles. The highest BCUT2D eigenvalue weighted by molar-refractivity contribution is 5.90. The van der Waals surface area contributed by atoms with E-state index in [1.165, 1.54) is 0 Å². The Bertz CT molecular complexity index is 724. The summed E-state index contributed by atoms with van der Waals surface area (Å²) in [7, 11) is 1.90. The summed E-state index contributed by atoms with van der Waals surface area (Å²) < 4.78 is 1.79. The summed E-state index contributed by atoms with van der Waals surface area (Å²) in [4.78, 5) is 23.0. The summed E-state index contributed by atoms with van der Waals surface area (Å²) >= 11 is 0. The van der Waals surface area contributed by atoms with Crippen LogP contribution in [0.25, 0.3) is 11.0 Å². The van der Waals surface area contributed by atoms with Crippen molar-refractivity contribution in [2.45, 2.75) is 38.3 Å². The van der Waals surface area contributed by atoms with E-state index < -0.39 is 0 Å². The van der Waals surface area contributed by atoms with Crippen molar-refractivity contribution in [3.05, 3.63) is 12.0 Å². The van der Waals surface area contributed by atoms with E-state index in [1.807, 2.05) is 14.0 Å². The first-order valence-electron chi connectivity index (χ1n) is 7.34. The summed E-state index contributed by atoms with van der Waals surface area (Å²) in [6, 6.07) is 0.550. The molecule has 0 spiro atoms. The van der Waals surface area contributed by atoms with E-state index in [0.29, 0.717) is 19.0 Å². The molecule has 2 fully saturated rings. The van der Waals surface area contributed by atoms with Gasteiger partial charge in [-0.05, 0) is 19.8 Å². The van der Waals surface area contributed by atoms with Crippen molar-refractivity contribution >= 4 is 22.8 Å². The molecule has 110 valence electrons. The molecule has 2 aromatic rings. The molecule has 7 nitrogen and oxygen atoms in total. The Labute approximate surface area is 122 Å². The van der Waals surface area contributed by atoms with Crippen LogP contribution < -0.4 is 10.2 Å². The topological polar surface area (TPSA) is 75.9 Å². The van der Waals surface area contributed by atoms with Crippen LogP contribution in [0.15, 0.2) is 6.33 Å². The number of aryl methyl sites for hydroxylation is 2. The van der Waals surface area contributed by atoms with E-state index in [9.17, 15) is 4.79 Å². The number of hydrogen-bond donors (Lipinski definition) is 1.